The van der Waals surface area contributed by atoms with Crippen molar-refractivity contribution in [3.8, 4) is 23.0 Å². The molecule has 0 saturated carbocycles. The van der Waals surface area contributed by atoms with Crippen molar-refractivity contribution in [3.05, 3.63) is 46.5 Å². The smallest absolute Gasteiger partial charge is 0.310 e. The molecule has 2 N–H and O–H groups in total. The van der Waals surface area contributed by atoms with E-state index < -0.39 is 43.2 Å². The number of hydrogen-bond acceptors (Lipinski definition) is 11. The molecule has 2 aromatic carbocycles. The molecule has 2 aromatic rings. The largest absolute Gasteiger partial charge is 0.496 e. The summed E-state index contributed by atoms with van der Waals surface area (Å²) in [6, 6.07) is 7.79. The van der Waals surface area contributed by atoms with Crippen molar-refractivity contribution in [3.63, 3.8) is 0 Å². The van der Waals surface area contributed by atoms with Crippen LogP contribution in [0.4, 0.5) is 0 Å². The topological polar surface area (TPSA) is 131 Å². The number of carbonyl (C=O) groups excluding carboxylic acids is 1. The van der Waals surface area contributed by atoms with Gasteiger partial charge in [-0.2, -0.15) is 0 Å². The summed E-state index contributed by atoms with van der Waals surface area (Å²) in [6.07, 6.45) is -1.84. The number of fused-ring (bicyclic) bond motifs is 3. The number of benzene rings is 2. The SMILES string of the molecule is COc1cc(C2c3cc4c(cc3C(OC3CC(O)CC(COCO)O3)C3COC(=O)C23)OCO4)cc(OC)c1C(C)C. The van der Waals surface area contributed by atoms with Crippen molar-refractivity contribution < 1.29 is 52.9 Å². The molecular weight excluding hydrogens is 548 g/mol. The first-order valence-corrected chi connectivity index (χ1v) is 14.4. The van der Waals surface area contributed by atoms with Gasteiger partial charge in [-0.1, -0.05) is 13.8 Å². The fourth-order valence-corrected chi connectivity index (χ4v) is 6.88. The third-order valence-electron chi connectivity index (χ3n) is 8.66. The summed E-state index contributed by atoms with van der Waals surface area (Å²) in [6.45, 7) is 4.10. The third kappa shape index (κ3) is 5.17. The predicted octanol–water partition coefficient (Wildman–Crippen LogP) is 3.38. The summed E-state index contributed by atoms with van der Waals surface area (Å²) in [5, 5.41) is 19.6. The van der Waals surface area contributed by atoms with E-state index in [1.807, 2.05) is 24.3 Å². The molecule has 11 nitrogen and oxygen atoms in total. The number of esters is 1. The van der Waals surface area contributed by atoms with E-state index in [0.717, 1.165) is 22.3 Å². The lowest BCUT2D eigenvalue weighted by Gasteiger charge is -2.42. The number of rotatable bonds is 9. The Labute approximate surface area is 244 Å². The van der Waals surface area contributed by atoms with Gasteiger partial charge in [-0.15, -0.1) is 0 Å². The van der Waals surface area contributed by atoms with Crippen molar-refractivity contribution in [2.75, 3.05) is 41.0 Å². The highest BCUT2D eigenvalue weighted by atomic mass is 16.7. The van der Waals surface area contributed by atoms with E-state index >= 15 is 0 Å². The zero-order valence-corrected chi connectivity index (χ0v) is 24.2. The molecule has 6 rings (SSSR count). The summed E-state index contributed by atoms with van der Waals surface area (Å²) in [7, 11) is 3.26. The molecule has 3 heterocycles. The van der Waals surface area contributed by atoms with Crippen LogP contribution < -0.4 is 18.9 Å². The highest BCUT2D eigenvalue weighted by Gasteiger charge is 2.54. The second-order valence-electron chi connectivity index (χ2n) is 11.5. The Kier molecular flexibility index (Phi) is 8.21. The van der Waals surface area contributed by atoms with E-state index in [1.165, 1.54) is 0 Å². The Balaban J connectivity index is 1.45. The van der Waals surface area contributed by atoms with Crippen LogP contribution in [0.25, 0.3) is 0 Å². The van der Waals surface area contributed by atoms with Crippen LogP contribution in [0, 0.1) is 11.8 Å². The quantitative estimate of drug-likeness (QED) is 0.331. The average molecular weight is 587 g/mol. The van der Waals surface area contributed by atoms with Crippen molar-refractivity contribution >= 4 is 5.97 Å². The van der Waals surface area contributed by atoms with E-state index in [-0.39, 0.29) is 44.2 Å². The minimum absolute atomic E-state index is 0.0957. The van der Waals surface area contributed by atoms with E-state index in [2.05, 4.69) is 13.8 Å². The fraction of sp³-hybridized carbons (Fsp3) is 0.581. The molecule has 7 atom stereocenters. The molecule has 0 bridgehead atoms. The molecule has 228 valence electrons. The highest BCUT2D eigenvalue weighted by Crippen LogP contribution is 2.56. The lowest BCUT2D eigenvalue weighted by molar-refractivity contribution is -0.254. The normalized spacial score (nSPS) is 29.7. The zero-order chi connectivity index (χ0) is 29.5. The first-order chi connectivity index (χ1) is 20.3. The molecule has 0 radical (unpaired) electrons. The van der Waals surface area contributed by atoms with Gasteiger partial charge in [0.05, 0.1) is 51.7 Å². The minimum Gasteiger partial charge on any atom is -0.496 e. The Morgan fingerprint density at radius 1 is 0.976 bits per heavy atom. The maximum absolute atomic E-state index is 13.5. The molecule has 11 heteroatoms. The maximum Gasteiger partial charge on any atom is 0.310 e. The van der Waals surface area contributed by atoms with E-state index in [4.69, 9.17) is 43.0 Å². The van der Waals surface area contributed by atoms with Gasteiger partial charge >= 0.3 is 5.97 Å². The summed E-state index contributed by atoms with van der Waals surface area (Å²) in [5.74, 6) is 1.08. The Bertz CT molecular complexity index is 1290. The zero-order valence-electron chi connectivity index (χ0n) is 24.2. The van der Waals surface area contributed by atoms with Crippen LogP contribution in [0.5, 0.6) is 23.0 Å². The number of aliphatic hydroxyl groups excluding tert-OH is 2. The Hall–Kier alpha value is -3.09. The van der Waals surface area contributed by atoms with E-state index in [0.29, 0.717) is 29.4 Å². The molecule has 0 aromatic heterocycles. The maximum atomic E-state index is 13.5. The molecule has 1 aliphatic carbocycles. The number of hydrogen-bond donors (Lipinski definition) is 2. The first kappa shape index (κ1) is 29.0. The standard InChI is InChI=1S/C31H38O11/c1-15(2)27-24(35-3)5-16(6-25(27)36-4)28-19-9-22-23(40-14-39-22)10-20(19)30(21-12-38-31(34)29(21)28)42-26-8-17(33)7-18(41-26)11-37-13-32/h5-6,9-10,15,17-18,21,26,28-30,32-33H,7-8,11-14H2,1-4H3. The van der Waals surface area contributed by atoms with Gasteiger partial charge in [0, 0.05) is 30.2 Å². The molecule has 4 aliphatic rings. The molecule has 0 amide bonds. The monoisotopic (exact) mass is 586 g/mol. The van der Waals surface area contributed by atoms with Gasteiger partial charge in [0.25, 0.3) is 0 Å². The van der Waals surface area contributed by atoms with Crippen LogP contribution in [0.2, 0.25) is 0 Å². The van der Waals surface area contributed by atoms with Gasteiger partial charge in [0.2, 0.25) is 6.79 Å². The molecule has 2 fully saturated rings. The van der Waals surface area contributed by atoms with Gasteiger partial charge < -0.3 is 48.1 Å². The summed E-state index contributed by atoms with van der Waals surface area (Å²) < 4.78 is 46.7. The van der Waals surface area contributed by atoms with E-state index in [9.17, 15) is 9.90 Å². The fourth-order valence-electron chi connectivity index (χ4n) is 6.88. The molecule has 2 saturated heterocycles. The van der Waals surface area contributed by atoms with Crippen molar-refractivity contribution in [1.29, 1.82) is 0 Å². The van der Waals surface area contributed by atoms with Crippen LogP contribution in [0.15, 0.2) is 24.3 Å². The number of methoxy groups -OCH3 is 2. The lowest BCUT2D eigenvalue weighted by atomic mass is 9.66. The van der Waals surface area contributed by atoms with Crippen LogP contribution in [0.3, 0.4) is 0 Å². The second-order valence-corrected chi connectivity index (χ2v) is 11.5. The molecule has 0 spiro atoms. The van der Waals surface area contributed by atoms with Gasteiger partial charge in [-0.25, -0.2) is 0 Å². The van der Waals surface area contributed by atoms with Crippen LogP contribution >= 0.6 is 0 Å². The lowest BCUT2D eigenvalue weighted by Crippen LogP contribution is -2.43. The third-order valence-corrected chi connectivity index (χ3v) is 8.66. The number of cyclic esters (lactones) is 1. The first-order valence-electron chi connectivity index (χ1n) is 14.4. The predicted molar refractivity (Wildman–Crippen MR) is 147 cm³/mol. The second kappa shape index (κ2) is 11.9. The summed E-state index contributed by atoms with van der Waals surface area (Å²) in [4.78, 5) is 13.5. The van der Waals surface area contributed by atoms with Crippen LogP contribution in [-0.4, -0.2) is 75.7 Å². The number of ether oxygens (including phenoxy) is 8. The molecule has 42 heavy (non-hydrogen) atoms. The molecule has 3 aliphatic heterocycles. The summed E-state index contributed by atoms with van der Waals surface area (Å²) in [5.41, 5.74) is 3.49. The summed E-state index contributed by atoms with van der Waals surface area (Å²) >= 11 is 0. The highest BCUT2D eigenvalue weighted by molar-refractivity contribution is 5.79. The van der Waals surface area contributed by atoms with Crippen molar-refractivity contribution in [2.24, 2.45) is 11.8 Å². The Morgan fingerprint density at radius 3 is 2.31 bits per heavy atom. The molecular formula is C31H38O11. The molecule has 7 unspecified atom stereocenters. The average Bonchev–Trinajstić information content (AvgIpc) is 3.60. The van der Waals surface area contributed by atoms with Gasteiger partial charge in [-0.3, -0.25) is 4.79 Å². The number of aliphatic hydroxyl groups is 2. The minimum atomic E-state index is -0.761. The van der Waals surface area contributed by atoms with Gasteiger partial charge in [0.1, 0.15) is 18.3 Å². The van der Waals surface area contributed by atoms with Gasteiger partial charge in [0.15, 0.2) is 17.8 Å². The van der Waals surface area contributed by atoms with E-state index in [1.54, 1.807) is 14.2 Å². The van der Waals surface area contributed by atoms with Crippen molar-refractivity contribution in [1.82, 2.24) is 0 Å². The van der Waals surface area contributed by atoms with Crippen LogP contribution in [-0.2, 0) is 23.7 Å². The Morgan fingerprint density at radius 2 is 1.67 bits per heavy atom. The van der Waals surface area contributed by atoms with Gasteiger partial charge in [-0.05, 0) is 46.9 Å². The van der Waals surface area contributed by atoms with Crippen molar-refractivity contribution in [2.45, 2.75) is 63.1 Å². The number of carbonyl (C=O) groups is 1. The van der Waals surface area contributed by atoms with Crippen LogP contribution in [0.1, 0.15) is 66.9 Å².